The highest BCUT2D eigenvalue weighted by Crippen LogP contribution is 2.36. The third-order valence-electron chi connectivity index (χ3n) is 2.42. The normalized spacial score (nSPS) is 22.8. The van der Waals surface area contributed by atoms with Crippen LogP contribution in [0.4, 0.5) is 0 Å². The van der Waals surface area contributed by atoms with E-state index in [9.17, 15) is 0 Å². The van der Waals surface area contributed by atoms with E-state index in [2.05, 4.69) is 13.8 Å². The average molecular weight is 273 g/mol. The van der Waals surface area contributed by atoms with Crippen LogP contribution in [0.1, 0.15) is 20.3 Å². The predicted octanol–water partition coefficient (Wildman–Crippen LogP) is -0.205. The Morgan fingerprint density at radius 1 is 1.47 bits per heavy atom. The van der Waals surface area contributed by atoms with Crippen molar-refractivity contribution in [1.29, 1.82) is 0 Å². The quantitative estimate of drug-likeness (QED) is 0.602. The summed E-state index contributed by atoms with van der Waals surface area (Å²) in [5, 5.41) is 0. The van der Waals surface area contributed by atoms with Gasteiger partial charge in [-0.25, -0.2) is 4.58 Å². The van der Waals surface area contributed by atoms with Crippen molar-refractivity contribution < 1.29 is 21.7 Å². The van der Waals surface area contributed by atoms with Crippen LogP contribution in [0.3, 0.4) is 0 Å². The largest absolute Gasteiger partial charge is 1.00 e. The number of hydrogen-bond acceptors (Lipinski definition) is 1. The van der Waals surface area contributed by atoms with Crippen molar-refractivity contribution >= 4 is 29.1 Å². The summed E-state index contributed by atoms with van der Waals surface area (Å²) in [4.78, 5) is 0. The van der Waals surface area contributed by atoms with Gasteiger partial charge in [-0.2, -0.15) is 0 Å². The van der Waals surface area contributed by atoms with Gasteiger partial charge in [-0.15, -0.1) is 0 Å². The fourth-order valence-corrected chi connectivity index (χ4v) is 1.70. The summed E-state index contributed by atoms with van der Waals surface area (Å²) in [5.74, 6) is 0.978. The number of hydrogen-bond donors (Lipinski definition) is 0. The molecule has 15 heavy (non-hydrogen) atoms. The van der Waals surface area contributed by atoms with Crippen LogP contribution in [0.25, 0.3) is 0 Å². The molecule has 0 spiro atoms. The Labute approximate surface area is 107 Å². The summed E-state index contributed by atoms with van der Waals surface area (Å²) in [6.45, 7) is 4.28. The Hall–Kier alpha value is 0.0800. The van der Waals surface area contributed by atoms with Crippen LogP contribution in [0.15, 0.2) is 10.6 Å². The Balaban J connectivity index is 0.00000196. The van der Waals surface area contributed by atoms with Crippen molar-refractivity contribution in [3.05, 3.63) is 10.6 Å². The van der Waals surface area contributed by atoms with E-state index in [4.69, 9.17) is 27.9 Å². The maximum absolute atomic E-state index is 5.75. The Bertz CT molecular complexity index is 289. The topological polar surface area (TPSA) is 12.2 Å². The van der Waals surface area contributed by atoms with Gasteiger partial charge in [0.2, 0.25) is 0 Å². The zero-order valence-corrected chi connectivity index (χ0v) is 11.6. The molecule has 0 radical (unpaired) electrons. The second-order valence-electron chi connectivity index (χ2n) is 4.45. The van der Waals surface area contributed by atoms with E-state index in [1.807, 2.05) is 18.7 Å². The number of halogens is 3. The van der Waals surface area contributed by atoms with Gasteiger partial charge in [-0.1, -0.05) is 37.0 Å². The number of ether oxygens (including phenoxy) is 1. The van der Waals surface area contributed by atoms with Gasteiger partial charge in [0.15, 0.2) is 0 Å². The molecule has 0 aromatic heterocycles. The molecule has 0 saturated carbocycles. The van der Waals surface area contributed by atoms with Gasteiger partial charge in [-0.3, -0.25) is 0 Å². The molecule has 1 atom stereocenters. The van der Waals surface area contributed by atoms with Crippen molar-refractivity contribution in [2.45, 2.75) is 26.4 Å². The van der Waals surface area contributed by atoms with Crippen molar-refractivity contribution in [1.82, 2.24) is 0 Å². The molecular formula is C10H16Cl3NO. The van der Waals surface area contributed by atoms with Crippen LogP contribution in [0.5, 0.6) is 0 Å². The maximum Gasteiger partial charge on any atom is 0.337 e. The average Bonchev–Trinajstić information content (AvgIpc) is 2.26. The molecule has 0 amide bonds. The molecule has 0 N–H and O–H groups in total. The summed E-state index contributed by atoms with van der Waals surface area (Å²) >= 11 is 11.3. The second-order valence-corrected chi connectivity index (χ2v) is 5.46. The lowest BCUT2D eigenvalue weighted by Gasteiger charge is -2.19. The SMILES string of the molecule is C[N+](C)=C1CC(C)(C)C(C=C(Cl)Cl)O1.[Cl-]. The highest BCUT2D eigenvalue weighted by atomic mass is 35.5. The third kappa shape index (κ3) is 3.86. The van der Waals surface area contributed by atoms with E-state index in [0.29, 0.717) is 0 Å². The minimum absolute atomic E-state index is 0. The van der Waals surface area contributed by atoms with E-state index in [0.717, 1.165) is 12.3 Å². The standard InChI is InChI=1S/C10H16Cl2NO.ClH/c1-10(2)6-9(13(3)4)14-7(10)5-8(11)12;/h5,7H,6H2,1-4H3;1H/q+1;/p-1. The first kappa shape index (κ1) is 15.1. The smallest absolute Gasteiger partial charge is 0.337 e. The van der Waals surface area contributed by atoms with E-state index in [-0.39, 0.29) is 28.4 Å². The molecule has 1 aliphatic heterocycles. The molecule has 1 fully saturated rings. The maximum atomic E-state index is 5.75. The van der Waals surface area contributed by atoms with Gasteiger partial charge in [0.1, 0.15) is 24.7 Å². The molecule has 1 saturated heterocycles. The van der Waals surface area contributed by atoms with E-state index in [1.165, 1.54) is 0 Å². The summed E-state index contributed by atoms with van der Waals surface area (Å²) in [6.07, 6.45) is 2.62. The van der Waals surface area contributed by atoms with Gasteiger partial charge in [0.05, 0.1) is 6.42 Å². The molecule has 1 unspecified atom stereocenters. The summed E-state index contributed by atoms with van der Waals surface area (Å²) in [7, 11) is 3.94. The minimum Gasteiger partial charge on any atom is -1.00 e. The van der Waals surface area contributed by atoms with Crippen molar-refractivity contribution in [2.75, 3.05) is 14.1 Å². The first-order valence-corrected chi connectivity index (χ1v) is 5.31. The fourth-order valence-electron chi connectivity index (χ4n) is 1.48. The van der Waals surface area contributed by atoms with Crippen molar-refractivity contribution in [3.8, 4) is 0 Å². The highest BCUT2D eigenvalue weighted by molar-refractivity contribution is 6.55. The van der Waals surface area contributed by atoms with E-state index < -0.39 is 0 Å². The van der Waals surface area contributed by atoms with Crippen LogP contribution < -0.4 is 12.4 Å². The molecule has 0 aromatic carbocycles. The molecule has 2 nitrogen and oxygen atoms in total. The second kappa shape index (κ2) is 5.42. The highest BCUT2D eigenvalue weighted by Gasteiger charge is 2.42. The summed E-state index contributed by atoms with van der Waals surface area (Å²) in [5.41, 5.74) is 0.0502. The predicted molar refractivity (Wildman–Crippen MR) is 60.2 cm³/mol. The van der Waals surface area contributed by atoms with Gasteiger partial charge >= 0.3 is 5.90 Å². The lowest BCUT2D eigenvalue weighted by Crippen LogP contribution is -3.00. The zero-order chi connectivity index (χ0) is 10.9. The number of nitrogens with zero attached hydrogens (tertiary/aromatic N) is 1. The molecule has 0 bridgehead atoms. The molecule has 0 aliphatic carbocycles. The van der Waals surface area contributed by atoms with Crippen LogP contribution >= 0.6 is 23.2 Å². The molecule has 1 aliphatic rings. The van der Waals surface area contributed by atoms with Gasteiger partial charge in [0, 0.05) is 5.41 Å². The molecular weight excluding hydrogens is 256 g/mol. The first-order valence-electron chi connectivity index (χ1n) is 4.55. The Morgan fingerprint density at radius 3 is 2.33 bits per heavy atom. The van der Waals surface area contributed by atoms with Gasteiger partial charge in [0.25, 0.3) is 0 Å². The van der Waals surface area contributed by atoms with E-state index >= 15 is 0 Å². The van der Waals surface area contributed by atoms with Crippen molar-refractivity contribution in [3.63, 3.8) is 0 Å². The molecule has 88 valence electrons. The summed E-state index contributed by atoms with van der Waals surface area (Å²) < 4.78 is 8.00. The van der Waals surface area contributed by atoms with Crippen LogP contribution in [-0.4, -0.2) is 30.7 Å². The fraction of sp³-hybridized carbons (Fsp3) is 0.700. The van der Waals surface area contributed by atoms with Crippen LogP contribution in [0.2, 0.25) is 0 Å². The monoisotopic (exact) mass is 271 g/mol. The zero-order valence-electron chi connectivity index (χ0n) is 9.35. The van der Waals surface area contributed by atoms with Crippen LogP contribution in [-0.2, 0) is 4.74 Å². The van der Waals surface area contributed by atoms with Gasteiger partial charge < -0.3 is 17.1 Å². The Kier molecular flexibility index (Phi) is 5.45. The number of rotatable bonds is 1. The first-order chi connectivity index (χ1) is 6.33. The lowest BCUT2D eigenvalue weighted by molar-refractivity contribution is -0.474. The van der Waals surface area contributed by atoms with Gasteiger partial charge in [-0.05, 0) is 6.08 Å². The molecule has 1 heterocycles. The minimum atomic E-state index is -0.0371. The molecule has 1 rings (SSSR count). The lowest BCUT2D eigenvalue weighted by atomic mass is 9.85. The molecule has 0 aromatic rings. The van der Waals surface area contributed by atoms with Crippen LogP contribution in [0, 0.1) is 5.41 Å². The van der Waals surface area contributed by atoms with E-state index in [1.54, 1.807) is 6.08 Å². The van der Waals surface area contributed by atoms with Crippen molar-refractivity contribution in [2.24, 2.45) is 5.41 Å². The summed E-state index contributed by atoms with van der Waals surface area (Å²) in [6, 6.07) is 0. The third-order valence-corrected chi connectivity index (χ3v) is 2.67. The Morgan fingerprint density at radius 2 is 2.00 bits per heavy atom. The molecule has 5 heteroatoms.